The topological polar surface area (TPSA) is 29.9 Å². The van der Waals surface area contributed by atoms with Crippen LogP contribution in [0.1, 0.15) is 40.3 Å². The molecule has 2 rings (SSSR count). The van der Waals surface area contributed by atoms with Gasteiger partial charge in [0.1, 0.15) is 0 Å². The molecule has 0 aliphatic heterocycles. The third kappa shape index (κ3) is 4.07. The van der Waals surface area contributed by atoms with Crippen molar-refractivity contribution in [2.75, 3.05) is 6.54 Å². The zero-order valence-electron chi connectivity index (χ0n) is 14.3. The number of nitrogens with one attached hydrogen (secondary N) is 1. The molecule has 1 N–H and O–H groups in total. The van der Waals surface area contributed by atoms with Crippen LogP contribution in [0.5, 0.6) is 0 Å². The molecule has 0 radical (unpaired) electrons. The second-order valence-corrected chi connectivity index (χ2v) is 7.43. The Labute approximate surface area is 128 Å². The van der Waals surface area contributed by atoms with Gasteiger partial charge in [-0.3, -0.25) is 4.68 Å². The number of benzene rings is 1. The Balaban J connectivity index is 2.19. The molecule has 116 valence electrons. The largest absolute Gasteiger partial charge is 0.312 e. The lowest BCUT2D eigenvalue weighted by Crippen LogP contribution is -2.40. The van der Waals surface area contributed by atoms with Gasteiger partial charge in [0.15, 0.2) is 0 Å². The minimum atomic E-state index is 0.166. The molecule has 1 unspecified atom stereocenters. The van der Waals surface area contributed by atoms with Crippen molar-refractivity contribution in [1.82, 2.24) is 15.1 Å². The van der Waals surface area contributed by atoms with E-state index >= 15 is 0 Å². The molecule has 0 saturated heterocycles. The lowest BCUT2D eigenvalue weighted by molar-refractivity contribution is 0.310. The van der Waals surface area contributed by atoms with Gasteiger partial charge in [-0.1, -0.05) is 32.0 Å². The highest BCUT2D eigenvalue weighted by Crippen LogP contribution is 2.23. The van der Waals surface area contributed by atoms with Crippen molar-refractivity contribution >= 4 is 10.9 Å². The third-order valence-electron chi connectivity index (χ3n) is 4.13. The maximum absolute atomic E-state index is 4.75. The molecule has 0 aliphatic carbocycles. The molecule has 21 heavy (non-hydrogen) atoms. The van der Waals surface area contributed by atoms with E-state index in [1.807, 2.05) is 11.7 Å². The third-order valence-corrected chi connectivity index (χ3v) is 4.13. The number of fused-ring (bicyclic) bond motifs is 1. The van der Waals surface area contributed by atoms with Crippen LogP contribution in [0.2, 0.25) is 0 Å². The quantitative estimate of drug-likeness (QED) is 0.907. The molecule has 0 fully saturated rings. The summed E-state index contributed by atoms with van der Waals surface area (Å²) in [6.07, 6.45) is 1.03. The number of aryl methyl sites for hydroxylation is 1. The zero-order valence-corrected chi connectivity index (χ0v) is 14.3. The van der Waals surface area contributed by atoms with Gasteiger partial charge >= 0.3 is 0 Å². The number of hydrogen-bond donors (Lipinski definition) is 1. The van der Waals surface area contributed by atoms with E-state index < -0.39 is 0 Å². The molecule has 1 heterocycles. The molecule has 3 nitrogen and oxygen atoms in total. The first kappa shape index (κ1) is 16.0. The van der Waals surface area contributed by atoms with Crippen molar-refractivity contribution in [3.63, 3.8) is 0 Å². The van der Waals surface area contributed by atoms with Crippen LogP contribution in [0.3, 0.4) is 0 Å². The molecule has 0 aliphatic rings. The van der Waals surface area contributed by atoms with Crippen molar-refractivity contribution in [2.45, 2.75) is 46.6 Å². The molecular weight excluding hydrogens is 258 g/mol. The SMILES string of the molecule is CC(C)C(CNC(C)(C)C)Cc1nn(C)c2ccccc12. The molecule has 0 spiro atoms. The number of rotatable bonds is 5. The molecular formula is C18H29N3. The highest BCUT2D eigenvalue weighted by atomic mass is 15.3. The Morgan fingerprint density at radius 3 is 2.48 bits per heavy atom. The van der Waals surface area contributed by atoms with Gasteiger partial charge in [-0.05, 0) is 51.6 Å². The van der Waals surface area contributed by atoms with Crippen LogP contribution in [0.4, 0.5) is 0 Å². The maximum Gasteiger partial charge on any atom is 0.0706 e. The predicted molar refractivity (Wildman–Crippen MR) is 90.5 cm³/mol. The van der Waals surface area contributed by atoms with Crippen LogP contribution in [0.15, 0.2) is 24.3 Å². The molecule has 0 bridgehead atoms. The number of aromatic nitrogens is 2. The lowest BCUT2D eigenvalue weighted by Gasteiger charge is -2.27. The monoisotopic (exact) mass is 287 g/mol. The van der Waals surface area contributed by atoms with Crippen molar-refractivity contribution in [3.05, 3.63) is 30.0 Å². The van der Waals surface area contributed by atoms with Crippen LogP contribution in [-0.2, 0) is 13.5 Å². The average molecular weight is 287 g/mol. The Morgan fingerprint density at radius 1 is 1.19 bits per heavy atom. The van der Waals surface area contributed by atoms with Crippen molar-refractivity contribution in [2.24, 2.45) is 18.9 Å². The summed E-state index contributed by atoms with van der Waals surface area (Å²) in [6, 6.07) is 8.51. The standard InChI is InChI=1S/C18H29N3/c1-13(2)14(12-19-18(3,4)5)11-16-15-9-7-8-10-17(15)21(6)20-16/h7-10,13-14,19H,11-12H2,1-6H3. The van der Waals surface area contributed by atoms with Crippen LogP contribution in [-0.4, -0.2) is 21.9 Å². The fourth-order valence-corrected chi connectivity index (χ4v) is 2.67. The normalized spacial score (nSPS) is 14.0. The summed E-state index contributed by atoms with van der Waals surface area (Å²) in [5, 5.41) is 9.68. The number of para-hydroxylation sites is 1. The van der Waals surface area contributed by atoms with Crippen molar-refractivity contribution in [1.29, 1.82) is 0 Å². The lowest BCUT2D eigenvalue weighted by atomic mass is 9.89. The van der Waals surface area contributed by atoms with E-state index in [1.54, 1.807) is 0 Å². The molecule has 1 aromatic heterocycles. The van der Waals surface area contributed by atoms with Gasteiger partial charge in [0, 0.05) is 18.0 Å². The first-order chi connectivity index (χ1) is 9.78. The molecule has 2 aromatic rings. The van der Waals surface area contributed by atoms with Crippen molar-refractivity contribution in [3.8, 4) is 0 Å². The summed E-state index contributed by atoms with van der Waals surface area (Å²) in [5.41, 5.74) is 2.61. The first-order valence-electron chi connectivity index (χ1n) is 7.93. The van der Waals surface area contributed by atoms with Gasteiger partial charge < -0.3 is 5.32 Å². The van der Waals surface area contributed by atoms with Crippen LogP contribution in [0, 0.1) is 11.8 Å². The summed E-state index contributed by atoms with van der Waals surface area (Å²) in [7, 11) is 2.03. The van der Waals surface area contributed by atoms with E-state index in [0.717, 1.165) is 13.0 Å². The summed E-state index contributed by atoms with van der Waals surface area (Å²) in [5.74, 6) is 1.24. The minimum Gasteiger partial charge on any atom is -0.312 e. The predicted octanol–water partition coefficient (Wildman–Crippen LogP) is 3.78. The van der Waals surface area contributed by atoms with Gasteiger partial charge in [0.05, 0.1) is 11.2 Å². The van der Waals surface area contributed by atoms with Gasteiger partial charge in [-0.25, -0.2) is 0 Å². The number of nitrogens with zero attached hydrogens (tertiary/aromatic N) is 2. The Hall–Kier alpha value is -1.35. The summed E-state index contributed by atoms with van der Waals surface area (Å²) in [6.45, 7) is 12.3. The smallest absolute Gasteiger partial charge is 0.0706 e. The van der Waals surface area contributed by atoms with E-state index in [-0.39, 0.29) is 5.54 Å². The van der Waals surface area contributed by atoms with Crippen LogP contribution >= 0.6 is 0 Å². The fraction of sp³-hybridized carbons (Fsp3) is 0.611. The van der Waals surface area contributed by atoms with Crippen molar-refractivity contribution < 1.29 is 0 Å². The molecule has 0 saturated carbocycles. The summed E-state index contributed by atoms with van der Waals surface area (Å²) < 4.78 is 2.00. The van der Waals surface area contributed by atoms with E-state index in [9.17, 15) is 0 Å². The molecule has 0 amide bonds. The van der Waals surface area contributed by atoms with Gasteiger partial charge in [0.25, 0.3) is 0 Å². The fourth-order valence-electron chi connectivity index (χ4n) is 2.67. The Kier molecular flexibility index (Phi) is 4.72. The second-order valence-electron chi connectivity index (χ2n) is 7.43. The highest BCUT2D eigenvalue weighted by molar-refractivity contribution is 5.81. The average Bonchev–Trinajstić information content (AvgIpc) is 2.70. The Bertz CT molecular complexity index is 590. The number of hydrogen-bond acceptors (Lipinski definition) is 2. The van der Waals surface area contributed by atoms with Crippen LogP contribution in [0.25, 0.3) is 10.9 Å². The van der Waals surface area contributed by atoms with Crippen LogP contribution < -0.4 is 5.32 Å². The summed E-state index contributed by atoms with van der Waals surface area (Å²) >= 11 is 0. The Morgan fingerprint density at radius 2 is 1.86 bits per heavy atom. The first-order valence-corrected chi connectivity index (χ1v) is 7.93. The van der Waals surface area contributed by atoms with E-state index in [4.69, 9.17) is 5.10 Å². The van der Waals surface area contributed by atoms with E-state index in [0.29, 0.717) is 11.8 Å². The molecule has 1 atom stereocenters. The second kappa shape index (κ2) is 6.18. The zero-order chi connectivity index (χ0) is 15.6. The highest BCUT2D eigenvalue weighted by Gasteiger charge is 2.20. The van der Waals surface area contributed by atoms with Gasteiger partial charge in [-0.15, -0.1) is 0 Å². The van der Waals surface area contributed by atoms with E-state index in [2.05, 4.69) is 64.2 Å². The van der Waals surface area contributed by atoms with E-state index in [1.165, 1.54) is 16.6 Å². The van der Waals surface area contributed by atoms with Gasteiger partial charge in [-0.2, -0.15) is 5.10 Å². The minimum absolute atomic E-state index is 0.166. The molecule has 3 heteroatoms. The summed E-state index contributed by atoms with van der Waals surface area (Å²) in [4.78, 5) is 0. The maximum atomic E-state index is 4.75. The molecule has 1 aromatic carbocycles. The van der Waals surface area contributed by atoms with Gasteiger partial charge in [0.2, 0.25) is 0 Å².